The Morgan fingerprint density at radius 3 is 2.67 bits per heavy atom. The predicted octanol–water partition coefficient (Wildman–Crippen LogP) is 2.52. The van der Waals surface area contributed by atoms with Gasteiger partial charge in [0.05, 0.1) is 0 Å². The second-order valence-corrected chi connectivity index (χ2v) is 6.21. The van der Waals surface area contributed by atoms with Crippen molar-refractivity contribution in [1.82, 2.24) is 15.2 Å². The SMILES string of the molecule is CNC(=O)c1cccc(NC2CCN(Cc3ccncc3)CC2)c1. The molecule has 1 aliphatic rings. The Hall–Kier alpha value is -2.40. The number of rotatable bonds is 5. The topological polar surface area (TPSA) is 57.3 Å². The van der Waals surface area contributed by atoms with Gasteiger partial charge in [-0.3, -0.25) is 14.7 Å². The number of hydrogen-bond acceptors (Lipinski definition) is 4. The number of nitrogens with one attached hydrogen (secondary N) is 2. The fourth-order valence-corrected chi connectivity index (χ4v) is 3.11. The first-order valence-electron chi connectivity index (χ1n) is 8.44. The van der Waals surface area contributed by atoms with Gasteiger partial charge < -0.3 is 10.6 Å². The van der Waals surface area contributed by atoms with Crippen molar-refractivity contribution in [3.05, 3.63) is 59.9 Å². The molecule has 0 radical (unpaired) electrons. The normalized spacial score (nSPS) is 15.9. The van der Waals surface area contributed by atoms with Crippen molar-refractivity contribution in [2.45, 2.75) is 25.4 Å². The number of amides is 1. The van der Waals surface area contributed by atoms with E-state index in [9.17, 15) is 4.79 Å². The lowest BCUT2D eigenvalue weighted by Gasteiger charge is -2.33. The second-order valence-electron chi connectivity index (χ2n) is 6.21. The van der Waals surface area contributed by atoms with Crippen LogP contribution in [0.2, 0.25) is 0 Å². The Labute approximate surface area is 143 Å². The van der Waals surface area contributed by atoms with Crippen LogP contribution in [0.5, 0.6) is 0 Å². The average Bonchev–Trinajstić information content (AvgIpc) is 2.64. The van der Waals surface area contributed by atoms with E-state index in [1.807, 2.05) is 36.7 Å². The van der Waals surface area contributed by atoms with Crippen molar-refractivity contribution in [1.29, 1.82) is 0 Å². The summed E-state index contributed by atoms with van der Waals surface area (Å²) < 4.78 is 0. The molecule has 1 saturated heterocycles. The van der Waals surface area contributed by atoms with Gasteiger partial charge in [-0.05, 0) is 48.7 Å². The molecule has 0 unspecified atom stereocenters. The number of piperidine rings is 1. The van der Waals surface area contributed by atoms with Crippen molar-refractivity contribution in [2.24, 2.45) is 0 Å². The molecule has 2 N–H and O–H groups in total. The number of aromatic nitrogens is 1. The van der Waals surface area contributed by atoms with E-state index in [-0.39, 0.29) is 5.91 Å². The van der Waals surface area contributed by atoms with E-state index in [1.165, 1.54) is 5.56 Å². The van der Waals surface area contributed by atoms with Gasteiger partial charge in [0.15, 0.2) is 0 Å². The predicted molar refractivity (Wildman–Crippen MR) is 96.0 cm³/mol. The smallest absolute Gasteiger partial charge is 0.251 e. The van der Waals surface area contributed by atoms with Crippen LogP contribution in [0.15, 0.2) is 48.8 Å². The number of carbonyl (C=O) groups is 1. The van der Waals surface area contributed by atoms with Crippen LogP contribution in [0, 0.1) is 0 Å². The largest absolute Gasteiger partial charge is 0.382 e. The van der Waals surface area contributed by atoms with Crippen molar-refractivity contribution >= 4 is 11.6 Å². The molecule has 1 fully saturated rings. The number of carbonyl (C=O) groups excluding carboxylic acids is 1. The molecular weight excluding hydrogens is 300 g/mol. The first kappa shape index (κ1) is 16.5. The van der Waals surface area contributed by atoms with Crippen LogP contribution in [-0.2, 0) is 6.54 Å². The average molecular weight is 324 g/mol. The standard InChI is InChI=1S/C19H24N4O/c1-20-19(24)16-3-2-4-18(13-16)22-17-7-11-23(12-8-17)14-15-5-9-21-10-6-15/h2-6,9-10,13,17,22H,7-8,11-12,14H2,1H3,(H,20,24). The summed E-state index contributed by atoms with van der Waals surface area (Å²) in [4.78, 5) is 18.3. The van der Waals surface area contributed by atoms with E-state index in [0.717, 1.165) is 38.2 Å². The molecule has 2 heterocycles. The molecular formula is C19H24N4O. The Kier molecular flexibility index (Phi) is 5.43. The Morgan fingerprint density at radius 2 is 1.96 bits per heavy atom. The molecule has 5 nitrogen and oxygen atoms in total. The third kappa shape index (κ3) is 4.32. The molecule has 0 aliphatic carbocycles. The highest BCUT2D eigenvalue weighted by Gasteiger charge is 2.19. The lowest BCUT2D eigenvalue weighted by Crippen LogP contribution is -2.38. The van der Waals surface area contributed by atoms with Crippen LogP contribution in [0.3, 0.4) is 0 Å². The van der Waals surface area contributed by atoms with Crippen molar-refractivity contribution in [3.8, 4) is 0 Å². The minimum Gasteiger partial charge on any atom is -0.382 e. The zero-order chi connectivity index (χ0) is 16.8. The maximum Gasteiger partial charge on any atom is 0.251 e. The van der Waals surface area contributed by atoms with Gasteiger partial charge in [-0.25, -0.2) is 0 Å². The summed E-state index contributed by atoms with van der Waals surface area (Å²) in [5, 5.41) is 6.23. The summed E-state index contributed by atoms with van der Waals surface area (Å²) in [6.07, 6.45) is 5.91. The number of benzene rings is 1. The highest BCUT2D eigenvalue weighted by molar-refractivity contribution is 5.94. The van der Waals surface area contributed by atoms with E-state index in [4.69, 9.17) is 0 Å². The van der Waals surface area contributed by atoms with Crippen LogP contribution in [0.25, 0.3) is 0 Å². The van der Waals surface area contributed by atoms with Crippen molar-refractivity contribution < 1.29 is 4.79 Å². The fourth-order valence-electron chi connectivity index (χ4n) is 3.11. The van der Waals surface area contributed by atoms with Crippen LogP contribution >= 0.6 is 0 Å². The number of pyridine rings is 1. The van der Waals surface area contributed by atoms with Crippen LogP contribution in [-0.4, -0.2) is 42.0 Å². The number of hydrogen-bond donors (Lipinski definition) is 2. The van der Waals surface area contributed by atoms with Gasteiger partial charge in [0.2, 0.25) is 0 Å². The molecule has 24 heavy (non-hydrogen) atoms. The van der Waals surface area contributed by atoms with Gasteiger partial charge in [0, 0.05) is 56.4 Å². The molecule has 0 atom stereocenters. The van der Waals surface area contributed by atoms with Crippen molar-refractivity contribution in [2.75, 3.05) is 25.5 Å². The summed E-state index contributed by atoms with van der Waals surface area (Å²) in [6, 6.07) is 12.3. The molecule has 126 valence electrons. The molecule has 3 rings (SSSR count). The zero-order valence-corrected chi connectivity index (χ0v) is 14.0. The van der Waals surface area contributed by atoms with E-state index in [2.05, 4.69) is 32.7 Å². The van der Waals surface area contributed by atoms with Crippen LogP contribution in [0.4, 0.5) is 5.69 Å². The second kappa shape index (κ2) is 7.93. The third-order valence-electron chi connectivity index (χ3n) is 4.47. The molecule has 0 bridgehead atoms. The molecule has 1 aromatic heterocycles. The summed E-state index contributed by atoms with van der Waals surface area (Å²) in [6.45, 7) is 3.14. The Balaban J connectivity index is 1.51. The minimum absolute atomic E-state index is 0.0502. The van der Waals surface area contributed by atoms with E-state index >= 15 is 0 Å². The first-order valence-corrected chi connectivity index (χ1v) is 8.44. The molecule has 1 amide bonds. The van der Waals surface area contributed by atoms with Crippen molar-refractivity contribution in [3.63, 3.8) is 0 Å². The molecule has 0 saturated carbocycles. The lowest BCUT2D eigenvalue weighted by molar-refractivity contribution is 0.0963. The summed E-state index contributed by atoms with van der Waals surface area (Å²) >= 11 is 0. The summed E-state index contributed by atoms with van der Waals surface area (Å²) in [5.74, 6) is -0.0502. The third-order valence-corrected chi connectivity index (χ3v) is 4.47. The van der Waals surface area contributed by atoms with Gasteiger partial charge in [-0.15, -0.1) is 0 Å². The van der Waals surface area contributed by atoms with E-state index in [1.54, 1.807) is 7.05 Å². The van der Waals surface area contributed by atoms with Gasteiger partial charge in [-0.2, -0.15) is 0 Å². The van der Waals surface area contributed by atoms with Crippen LogP contribution in [0.1, 0.15) is 28.8 Å². The lowest BCUT2D eigenvalue weighted by atomic mass is 10.0. The highest BCUT2D eigenvalue weighted by atomic mass is 16.1. The van der Waals surface area contributed by atoms with Gasteiger partial charge in [0.1, 0.15) is 0 Å². The monoisotopic (exact) mass is 324 g/mol. The van der Waals surface area contributed by atoms with Crippen LogP contribution < -0.4 is 10.6 Å². The summed E-state index contributed by atoms with van der Waals surface area (Å²) in [5.41, 5.74) is 3.02. The van der Waals surface area contributed by atoms with E-state index in [0.29, 0.717) is 11.6 Å². The molecule has 1 aliphatic heterocycles. The fraction of sp³-hybridized carbons (Fsp3) is 0.368. The molecule has 2 aromatic rings. The van der Waals surface area contributed by atoms with E-state index < -0.39 is 0 Å². The quantitative estimate of drug-likeness (QED) is 0.887. The number of anilines is 1. The number of likely N-dealkylation sites (tertiary alicyclic amines) is 1. The highest BCUT2D eigenvalue weighted by Crippen LogP contribution is 2.19. The molecule has 5 heteroatoms. The maximum absolute atomic E-state index is 11.7. The first-order chi connectivity index (χ1) is 11.7. The maximum atomic E-state index is 11.7. The number of nitrogens with zero attached hydrogens (tertiary/aromatic N) is 2. The van der Waals surface area contributed by atoms with Gasteiger partial charge in [0.25, 0.3) is 5.91 Å². The zero-order valence-electron chi connectivity index (χ0n) is 14.0. The summed E-state index contributed by atoms with van der Waals surface area (Å²) in [7, 11) is 1.65. The van der Waals surface area contributed by atoms with Gasteiger partial charge in [-0.1, -0.05) is 6.07 Å². The molecule has 0 spiro atoms. The van der Waals surface area contributed by atoms with Gasteiger partial charge >= 0.3 is 0 Å². The molecule has 1 aromatic carbocycles. The Morgan fingerprint density at radius 1 is 1.21 bits per heavy atom. The minimum atomic E-state index is -0.0502. The Bertz CT molecular complexity index is 666.